The molecule has 1 aromatic carbocycles. The van der Waals surface area contributed by atoms with Gasteiger partial charge < -0.3 is 0 Å². The van der Waals surface area contributed by atoms with E-state index >= 15 is 0 Å². The van der Waals surface area contributed by atoms with Crippen LogP contribution in [0.5, 0.6) is 0 Å². The maximum atomic E-state index is 4.60. The van der Waals surface area contributed by atoms with E-state index in [9.17, 15) is 0 Å². The summed E-state index contributed by atoms with van der Waals surface area (Å²) < 4.78 is 0. The maximum absolute atomic E-state index is 4.60. The van der Waals surface area contributed by atoms with Crippen LogP contribution in [0.1, 0.15) is 44.2 Å². The molecule has 0 amide bonds. The van der Waals surface area contributed by atoms with Gasteiger partial charge in [-0.25, -0.2) is 0 Å². The third-order valence-electron chi connectivity index (χ3n) is 4.41. The van der Waals surface area contributed by atoms with E-state index < -0.39 is 0 Å². The van der Waals surface area contributed by atoms with Crippen LogP contribution < -0.4 is 0 Å². The number of hydrogen-bond donors (Lipinski definition) is 1. The molecule has 2 atom stereocenters. The molecule has 0 heterocycles. The molecule has 1 aliphatic carbocycles. The monoisotopic (exact) mass is 274 g/mol. The molecule has 0 aromatic heterocycles. The van der Waals surface area contributed by atoms with Crippen molar-refractivity contribution in [1.82, 2.24) is 0 Å². The Morgan fingerprint density at radius 3 is 2.42 bits per heavy atom. The number of allylic oxidation sites excluding steroid dienone is 1. The normalized spacial score (nSPS) is 27.3. The Morgan fingerprint density at radius 2 is 1.84 bits per heavy atom. The summed E-state index contributed by atoms with van der Waals surface area (Å²) in [5, 5.41) is 0. The first-order chi connectivity index (χ1) is 8.95. The van der Waals surface area contributed by atoms with Crippen molar-refractivity contribution in [1.29, 1.82) is 0 Å². The zero-order chi connectivity index (χ0) is 14.0. The van der Waals surface area contributed by atoms with Crippen LogP contribution in [0.15, 0.2) is 35.2 Å². The van der Waals surface area contributed by atoms with Crippen LogP contribution in [0.2, 0.25) is 0 Å². The van der Waals surface area contributed by atoms with Gasteiger partial charge in [-0.3, -0.25) is 0 Å². The van der Waals surface area contributed by atoms with Gasteiger partial charge in [0.2, 0.25) is 0 Å². The minimum atomic E-state index is 0.702. The molecule has 1 heteroatoms. The number of thiol groups is 1. The van der Waals surface area contributed by atoms with Gasteiger partial charge in [-0.1, -0.05) is 43.7 Å². The quantitative estimate of drug-likeness (QED) is 0.549. The highest BCUT2D eigenvalue weighted by Crippen LogP contribution is 2.37. The smallest absolute Gasteiger partial charge is 0.00779 e. The largest absolute Gasteiger partial charge is 0.143 e. The topological polar surface area (TPSA) is 0 Å². The molecule has 1 aromatic rings. The highest BCUT2D eigenvalue weighted by Gasteiger charge is 2.25. The van der Waals surface area contributed by atoms with Crippen molar-refractivity contribution in [2.75, 3.05) is 0 Å². The van der Waals surface area contributed by atoms with Gasteiger partial charge in [0.15, 0.2) is 0 Å². The lowest BCUT2D eigenvalue weighted by Gasteiger charge is -2.33. The van der Waals surface area contributed by atoms with Gasteiger partial charge in [0.1, 0.15) is 0 Å². The average molecular weight is 274 g/mol. The minimum absolute atomic E-state index is 0.702. The predicted octanol–water partition coefficient (Wildman–Crippen LogP) is 5.45. The summed E-state index contributed by atoms with van der Waals surface area (Å²) >= 11 is 4.60. The van der Waals surface area contributed by atoms with Gasteiger partial charge in [0.25, 0.3) is 0 Å². The van der Waals surface area contributed by atoms with Crippen molar-refractivity contribution in [3.63, 3.8) is 0 Å². The summed E-state index contributed by atoms with van der Waals surface area (Å²) in [6, 6.07) is 6.53. The Kier molecular flexibility index (Phi) is 4.78. The molecule has 0 bridgehead atoms. The van der Waals surface area contributed by atoms with Crippen LogP contribution in [0.25, 0.3) is 0 Å². The molecule has 2 rings (SSSR count). The fourth-order valence-electron chi connectivity index (χ4n) is 3.49. The van der Waals surface area contributed by atoms with E-state index in [0.29, 0.717) is 5.92 Å². The molecule has 0 aliphatic heterocycles. The van der Waals surface area contributed by atoms with Crippen LogP contribution in [-0.2, 0) is 6.42 Å². The van der Waals surface area contributed by atoms with Crippen molar-refractivity contribution >= 4 is 12.6 Å². The van der Waals surface area contributed by atoms with Crippen molar-refractivity contribution in [3.8, 4) is 0 Å². The molecule has 1 fully saturated rings. The number of rotatable bonds is 3. The minimum Gasteiger partial charge on any atom is -0.143 e. The van der Waals surface area contributed by atoms with E-state index in [2.05, 4.69) is 58.2 Å². The fraction of sp³-hybridized carbons (Fsp3) is 0.556. The second-order valence-corrected chi connectivity index (χ2v) is 7.06. The molecule has 0 N–H and O–H groups in total. The Morgan fingerprint density at radius 1 is 1.21 bits per heavy atom. The SMILES string of the molecule is C=C(Cc1ccc(C)cc1S)C1CC(C)CC(C)C1. The van der Waals surface area contributed by atoms with Gasteiger partial charge in [0, 0.05) is 4.90 Å². The number of benzene rings is 1. The third kappa shape index (κ3) is 3.89. The Labute approximate surface area is 123 Å². The Balaban J connectivity index is 2.04. The van der Waals surface area contributed by atoms with Crippen LogP contribution in [0, 0.1) is 24.7 Å². The van der Waals surface area contributed by atoms with E-state index in [0.717, 1.165) is 23.2 Å². The molecule has 0 radical (unpaired) electrons. The van der Waals surface area contributed by atoms with Gasteiger partial charge in [-0.05, 0) is 62.0 Å². The summed E-state index contributed by atoms with van der Waals surface area (Å²) in [5.74, 6) is 2.39. The molecule has 0 saturated heterocycles. The van der Waals surface area contributed by atoms with Crippen molar-refractivity contribution in [2.45, 2.75) is 51.3 Å². The van der Waals surface area contributed by atoms with Crippen LogP contribution in [0.4, 0.5) is 0 Å². The molecular formula is C18H26S. The third-order valence-corrected chi connectivity index (χ3v) is 4.83. The maximum Gasteiger partial charge on any atom is 0.00779 e. The first kappa shape index (κ1) is 14.7. The standard InChI is InChI=1S/C18H26S/c1-12-5-6-16(18(19)10-12)11-15(4)17-8-13(2)7-14(3)9-17/h5-6,10,13-14,17,19H,4,7-9,11H2,1-3H3. The summed E-state index contributed by atoms with van der Waals surface area (Å²) in [6.07, 6.45) is 5.00. The van der Waals surface area contributed by atoms with Crippen LogP contribution in [0.3, 0.4) is 0 Å². The van der Waals surface area contributed by atoms with Gasteiger partial charge >= 0.3 is 0 Å². The van der Waals surface area contributed by atoms with Crippen LogP contribution >= 0.6 is 12.6 Å². The molecule has 0 spiro atoms. The summed E-state index contributed by atoms with van der Waals surface area (Å²) in [7, 11) is 0. The summed E-state index contributed by atoms with van der Waals surface area (Å²) in [5.41, 5.74) is 4.00. The second-order valence-electron chi connectivity index (χ2n) is 6.58. The van der Waals surface area contributed by atoms with Gasteiger partial charge in [-0.15, -0.1) is 12.6 Å². The molecule has 1 saturated carbocycles. The lowest BCUT2D eigenvalue weighted by molar-refractivity contribution is 0.242. The first-order valence-electron chi connectivity index (χ1n) is 7.42. The lowest BCUT2D eigenvalue weighted by Crippen LogP contribution is -2.21. The highest BCUT2D eigenvalue weighted by molar-refractivity contribution is 7.80. The van der Waals surface area contributed by atoms with E-state index in [1.54, 1.807) is 0 Å². The van der Waals surface area contributed by atoms with E-state index in [1.807, 2.05) is 0 Å². The predicted molar refractivity (Wildman–Crippen MR) is 86.9 cm³/mol. The molecule has 19 heavy (non-hydrogen) atoms. The number of aryl methyl sites for hydroxylation is 1. The molecule has 2 unspecified atom stereocenters. The average Bonchev–Trinajstić information content (AvgIpc) is 2.31. The fourth-order valence-corrected chi connectivity index (χ4v) is 3.85. The summed E-state index contributed by atoms with van der Waals surface area (Å²) in [6.45, 7) is 11.2. The molecule has 1 aliphatic rings. The number of hydrogen-bond acceptors (Lipinski definition) is 1. The molecule has 104 valence electrons. The van der Waals surface area contributed by atoms with Gasteiger partial charge in [-0.2, -0.15) is 0 Å². The van der Waals surface area contributed by atoms with E-state index in [-0.39, 0.29) is 0 Å². The first-order valence-corrected chi connectivity index (χ1v) is 7.86. The van der Waals surface area contributed by atoms with Crippen molar-refractivity contribution in [2.24, 2.45) is 17.8 Å². The second kappa shape index (κ2) is 6.17. The Hall–Kier alpha value is -0.690. The van der Waals surface area contributed by atoms with E-state index in [4.69, 9.17) is 0 Å². The summed E-state index contributed by atoms with van der Waals surface area (Å²) in [4.78, 5) is 1.11. The van der Waals surface area contributed by atoms with Crippen LogP contribution in [-0.4, -0.2) is 0 Å². The Bertz CT molecular complexity index is 451. The van der Waals surface area contributed by atoms with Gasteiger partial charge in [0.05, 0.1) is 0 Å². The van der Waals surface area contributed by atoms with Crippen molar-refractivity contribution < 1.29 is 0 Å². The highest BCUT2D eigenvalue weighted by atomic mass is 32.1. The molecule has 0 nitrogen and oxygen atoms in total. The zero-order valence-electron chi connectivity index (χ0n) is 12.4. The molecular weight excluding hydrogens is 248 g/mol. The van der Waals surface area contributed by atoms with E-state index in [1.165, 1.54) is 36.0 Å². The lowest BCUT2D eigenvalue weighted by atomic mass is 9.73. The zero-order valence-corrected chi connectivity index (χ0v) is 13.3. The van der Waals surface area contributed by atoms with Crippen molar-refractivity contribution in [3.05, 3.63) is 41.5 Å².